The van der Waals surface area contributed by atoms with Gasteiger partial charge in [-0.15, -0.1) is 0 Å². The number of carbonyl (C=O) groups excluding carboxylic acids is 1. The zero-order valence-electron chi connectivity index (χ0n) is 19.6. The number of benzene rings is 3. The smallest absolute Gasteiger partial charge is 0.407 e. The van der Waals surface area contributed by atoms with Gasteiger partial charge < -0.3 is 24.3 Å². The van der Waals surface area contributed by atoms with Gasteiger partial charge in [0.05, 0.1) is 38.6 Å². The molecule has 1 aliphatic carbocycles. The molecule has 3 aromatic rings. The minimum atomic E-state index is -0.402. The van der Waals surface area contributed by atoms with Crippen molar-refractivity contribution in [2.75, 3.05) is 6.61 Å². The van der Waals surface area contributed by atoms with E-state index in [1.807, 2.05) is 78.9 Å². The third-order valence-electron chi connectivity index (χ3n) is 6.63. The number of hydrogen-bond donors (Lipinski definition) is 1. The van der Waals surface area contributed by atoms with Gasteiger partial charge in [-0.25, -0.2) is 4.79 Å². The maximum absolute atomic E-state index is 12.2. The van der Waals surface area contributed by atoms with Crippen LogP contribution < -0.4 is 5.32 Å². The summed E-state index contributed by atoms with van der Waals surface area (Å²) in [5.74, 6) is 0.0112. The number of amides is 1. The zero-order chi connectivity index (χ0) is 23.9. The Hall–Kier alpha value is -3.19. The molecule has 2 aliphatic rings. The number of nitrogens with one attached hydrogen (secondary N) is 1. The molecule has 1 saturated carbocycles. The molecule has 6 nitrogen and oxygen atoms in total. The molecule has 2 fully saturated rings. The molecule has 182 valence electrons. The van der Waals surface area contributed by atoms with Crippen molar-refractivity contribution in [1.82, 2.24) is 5.32 Å². The molecular weight excluding hydrogens is 442 g/mol. The van der Waals surface area contributed by atoms with Crippen LogP contribution in [0.25, 0.3) is 0 Å². The van der Waals surface area contributed by atoms with Crippen LogP contribution in [0, 0.1) is 5.92 Å². The molecule has 6 heteroatoms. The van der Waals surface area contributed by atoms with Crippen molar-refractivity contribution in [2.45, 2.75) is 50.6 Å². The Morgan fingerprint density at radius 1 is 0.714 bits per heavy atom. The van der Waals surface area contributed by atoms with Crippen molar-refractivity contribution in [3.8, 4) is 0 Å². The van der Waals surface area contributed by atoms with Crippen LogP contribution in [0.3, 0.4) is 0 Å². The second kappa shape index (κ2) is 11.5. The van der Waals surface area contributed by atoms with Crippen LogP contribution >= 0.6 is 0 Å². The molecule has 0 spiro atoms. The van der Waals surface area contributed by atoms with Crippen LogP contribution in [0.15, 0.2) is 91.0 Å². The lowest BCUT2D eigenvalue weighted by atomic mass is 9.79. The number of rotatable bonds is 10. The van der Waals surface area contributed by atoms with Gasteiger partial charge in [0, 0.05) is 5.92 Å². The lowest BCUT2D eigenvalue weighted by Crippen LogP contribution is -2.58. The largest absolute Gasteiger partial charge is 0.444 e. The van der Waals surface area contributed by atoms with E-state index in [9.17, 15) is 4.79 Å². The topological polar surface area (TPSA) is 66.0 Å². The Balaban J connectivity index is 1.33. The Labute approximate surface area is 206 Å². The summed E-state index contributed by atoms with van der Waals surface area (Å²) in [5.41, 5.74) is 3.28. The lowest BCUT2D eigenvalue weighted by molar-refractivity contribution is -0.163. The van der Waals surface area contributed by atoms with E-state index in [0.29, 0.717) is 32.8 Å². The molecule has 35 heavy (non-hydrogen) atoms. The highest BCUT2D eigenvalue weighted by Crippen LogP contribution is 2.35. The van der Waals surface area contributed by atoms with E-state index in [1.54, 1.807) is 0 Å². The van der Waals surface area contributed by atoms with Gasteiger partial charge in [0.1, 0.15) is 12.2 Å². The van der Waals surface area contributed by atoms with Gasteiger partial charge in [-0.1, -0.05) is 91.0 Å². The third-order valence-corrected chi connectivity index (χ3v) is 6.63. The van der Waals surface area contributed by atoms with Crippen molar-refractivity contribution in [3.63, 3.8) is 0 Å². The van der Waals surface area contributed by atoms with Gasteiger partial charge >= 0.3 is 6.09 Å². The molecule has 1 aliphatic heterocycles. The first-order valence-corrected chi connectivity index (χ1v) is 12.2. The van der Waals surface area contributed by atoms with Crippen molar-refractivity contribution in [2.24, 2.45) is 5.92 Å². The fourth-order valence-corrected chi connectivity index (χ4v) is 4.90. The second-order valence-corrected chi connectivity index (χ2v) is 9.13. The molecule has 1 amide bonds. The Morgan fingerprint density at radius 2 is 1.23 bits per heavy atom. The number of alkyl carbamates (subject to hydrolysis) is 1. The maximum atomic E-state index is 12.2. The first-order chi connectivity index (χ1) is 17.3. The Morgan fingerprint density at radius 3 is 1.80 bits per heavy atom. The fraction of sp³-hybridized carbons (Fsp3) is 0.345. The number of hydrogen-bond acceptors (Lipinski definition) is 5. The van der Waals surface area contributed by atoms with E-state index >= 15 is 0 Å². The molecule has 5 atom stereocenters. The van der Waals surface area contributed by atoms with Gasteiger partial charge in [-0.2, -0.15) is 0 Å². The quantitative estimate of drug-likeness (QED) is 0.455. The fourth-order valence-electron chi connectivity index (χ4n) is 4.90. The van der Waals surface area contributed by atoms with Gasteiger partial charge in [0.15, 0.2) is 0 Å². The SMILES string of the molecule is O=C1N[C@@H]2[C@@H](OCc3ccccc3)[C@H](OCc3ccccc3)[C@@H](COCc3ccccc3)C[C@@H]2O1. The van der Waals surface area contributed by atoms with Crippen molar-refractivity contribution >= 4 is 6.09 Å². The van der Waals surface area contributed by atoms with Gasteiger partial charge in [0.2, 0.25) is 0 Å². The van der Waals surface area contributed by atoms with Gasteiger partial charge in [-0.3, -0.25) is 0 Å². The van der Waals surface area contributed by atoms with Gasteiger partial charge in [0.25, 0.3) is 0 Å². The second-order valence-electron chi connectivity index (χ2n) is 9.13. The minimum absolute atomic E-state index is 0.0112. The van der Waals surface area contributed by atoms with Crippen LogP contribution in [0.1, 0.15) is 23.1 Å². The normalized spacial score (nSPS) is 25.5. The number of ether oxygens (including phenoxy) is 4. The van der Waals surface area contributed by atoms with Crippen molar-refractivity contribution in [3.05, 3.63) is 108 Å². The summed E-state index contributed by atoms with van der Waals surface area (Å²) in [7, 11) is 0. The molecular formula is C29H31NO5. The molecule has 3 aromatic carbocycles. The average Bonchev–Trinajstić information content (AvgIpc) is 3.28. The molecule has 1 saturated heterocycles. The predicted octanol–water partition coefficient (Wildman–Crippen LogP) is 4.87. The predicted molar refractivity (Wildman–Crippen MR) is 131 cm³/mol. The van der Waals surface area contributed by atoms with Crippen LogP contribution in [0.4, 0.5) is 4.79 Å². The van der Waals surface area contributed by atoms with Crippen LogP contribution in [0.2, 0.25) is 0 Å². The molecule has 0 radical (unpaired) electrons. The van der Waals surface area contributed by atoms with E-state index in [-0.39, 0.29) is 30.3 Å². The molecule has 0 unspecified atom stereocenters. The molecule has 1 heterocycles. The van der Waals surface area contributed by atoms with Gasteiger partial charge in [-0.05, 0) is 23.1 Å². The Bertz CT molecular complexity index is 1060. The number of carbonyl (C=O) groups is 1. The highest BCUT2D eigenvalue weighted by atomic mass is 16.6. The average molecular weight is 474 g/mol. The molecule has 0 aromatic heterocycles. The molecule has 1 N–H and O–H groups in total. The zero-order valence-corrected chi connectivity index (χ0v) is 19.6. The summed E-state index contributed by atoms with van der Waals surface area (Å²) in [6, 6.07) is 30.0. The maximum Gasteiger partial charge on any atom is 0.407 e. The molecule has 0 bridgehead atoms. The van der Waals surface area contributed by atoms with Crippen LogP contribution in [0.5, 0.6) is 0 Å². The van der Waals surface area contributed by atoms with E-state index in [4.69, 9.17) is 18.9 Å². The van der Waals surface area contributed by atoms with Crippen molar-refractivity contribution in [1.29, 1.82) is 0 Å². The van der Waals surface area contributed by atoms with E-state index < -0.39 is 6.09 Å². The number of fused-ring (bicyclic) bond motifs is 1. The van der Waals surface area contributed by atoms with E-state index in [1.165, 1.54) is 0 Å². The lowest BCUT2D eigenvalue weighted by Gasteiger charge is -2.42. The summed E-state index contributed by atoms with van der Waals surface area (Å²) < 4.78 is 24.7. The van der Waals surface area contributed by atoms with Crippen molar-refractivity contribution < 1.29 is 23.7 Å². The van der Waals surface area contributed by atoms with Crippen LogP contribution in [-0.2, 0) is 38.8 Å². The van der Waals surface area contributed by atoms with E-state index in [2.05, 4.69) is 17.4 Å². The highest BCUT2D eigenvalue weighted by Gasteiger charge is 2.51. The summed E-state index contributed by atoms with van der Waals surface area (Å²) in [6.07, 6.45) is -0.651. The molecule has 5 rings (SSSR count). The minimum Gasteiger partial charge on any atom is -0.444 e. The monoisotopic (exact) mass is 473 g/mol. The summed E-state index contributed by atoms with van der Waals surface area (Å²) in [5, 5.41) is 2.97. The summed E-state index contributed by atoms with van der Waals surface area (Å²) >= 11 is 0. The highest BCUT2D eigenvalue weighted by molar-refractivity contribution is 5.70. The third kappa shape index (κ3) is 6.09. The first kappa shape index (κ1) is 23.5. The Kier molecular flexibility index (Phi) is 7.73. The van der Waals surface area contributed by atoms with E-state index in [0.717, 1.165) is 16.7 Å². The first-order valence-electron chi connectivity index (χ1n) is 12.2. The summed E-state index contributed by atoms with van der Waals surface area (Å²) in [4.78, 5) is 12.2. The standard InChI is InChI=1S/C29H31NO5/c31-29-30-26-25(35-29)16-24(20-32-17-21-10-4-1-5-11-21)27(33-18-22-12-6-2-7-13-22)28(26)34-19-23-14-8-3-9-15-23/h1-15,24-28H,16-20H2,(H,30,31)/t24-,25+,26+,27-,28-/m1/s1. The van der Waals surface area contributed by atoms with Crippen LogP contribution in [-0.4, -0.2) is 37.1 Å². The summed E-state index contributed by atoms with van der Waals surface area (Å²) in [6.45, 7) is 1.89.